The van der Waals surface area contributed by atoms with Crippen molar-refractivity contribution in [2.45, 2.75) is 18.7 Å². The van der Waals surface area contributed by atoms with E-state index in [1.807, 2.05) is 0 Å². The average Bonchev–Trinajstić information content (AvgIpc) is 2.96. The van der Waals surface area contributed by atoms with E-state index in [0.717, 1.165) is 5.69 Å². The Morgan fingerprint density at radius 1 is 1.00 bits per heavy atom. The summed E-state index contributed by atoms with van der Waals surface area (Å²) < 4.78 is 32.4. The Hall–Kier alpha value is -2.51. The van der Waals surface area contributed by atoms with Crippen molar-refractivity contribution in [3.05, 3.63) is 64.9 Å². The summed E-state index contributed by atoms with van der Waals surface area (Å²) in [5.41, 5.74) is 1.92. The van der Waals surface area contributed by atoms with Crippen LogP contribution in [-0.4, -0.2) is 13.6 Å². The van der Waals surface area contributed by atoms with E-state index in [4.69, 9.17) is 16.1 Å². The summed E-state index contributed by atoms with van der Waals surface area (Å²) in [6, 6.07) is 13.2. The molecule has 0 aliphatic rings. The maximum atomic E-state index is 12.5. The molecule has 0 radical (unpaired) electrons. The highest BCUT2D eigenvalue weighted by Crippen LogP contribution is 2.23. The van der Waals surface area contributed by atoms with Gasteiger partial charge in [0.25, 0.3) is 10.0 Å². The van der Waals surface area contributed by atoms with E-state index in [1.165, 1.54) is 12.1 Å². The fourth-order valence-corrected chi connectivity index (χ4v) is 3.45. The summed E-state index contributed by atoms with van der Waals surface area (Å²) in [5.74, 6) is 1.28. The second kappa shape index (κ2) is 6.78. The van der Waals surface area contributed by atoms with Crippen LogP contribution in [0, 0.1) is 13.8 Å². The van der Waals surface area contributed by atoms with Gasteiger partial charge in [-0.05, 0) is 61.9 Å². The molecule has 8 heteroatoms. The molecule has 25 heavy (non-hydrogen) atoms. The van der Waals surface area contributed by atoms with E-state index in [-0.39, 0.29) is 4.90 Å². The summed E-state index contributed by atoms with van der Waals surface area (Å²) in [7, 11) is -3.68. The van der Waals surface area contributed by atoms with Gasteiger partial charge in [0.2, 0.25) is 0 Å². The van der Waals surface area contributed by atoms with E-state index >= 15 is 0 Å². The van der Waals surface area contributed by atoms with Gasteiger partial charge in [-0.2, -0.15) is 0 Å². The fraction of sp³-hybridized carbons (Fsp3) is 0.118. The topological polar surface area (TPSA) is 84.2 Å². The van der Waals surface area contributed by atoms with Crippen LogP contribution in [0.2, 0.25) is 5.02 Å². The molecular formula is C17H16ClN3O3S. The van der Waals surface area contributed by atoms with Crippen molar-refractivity contribution in [2.24, 2.45) is 0 Å². The van der Waals surface area contributed by atoms with E-state index in [0.29, 0.717) is 27.9 Å². The molecule has 0 fully saturated rings. The number of rotatable bonds is 5. The van der Waals surface area contributed by atoms with Crippen molar-refractivity contribution in [1.29, 1.82) is 0 Å². The molecule has 0 saturated carbocycles. The van der Waals surface area contributed by atoms with Gasteiger partial charge in [0, 0.05) is 22.5 Å². The van der Waals surface area contributed by atoms with Gasteiger partial charge in [0.1, 0.15) is 5.76 Å². The molecule has 0 amide bonds. The Morgan fingerprint density at radius 3 is 2.28 bits per heavy atom. The SMILES string of the molecule is Cc1cc(Nc2ccc(NS(=O)(=O)c3ccc(Cl)c(C)c3)cc2)no1. The lowest BCUT2D eigenvalue weighted by Gasteiger charge is -2.10. The predicted octanol–water partition coefficient (Wildman–Crippen LogP) is 4.49. The largest absolute Gasteiger partial charge is 0.360 e. The second-order valence-electron chi connectivity index (χ2n) is 5.54. The number of aromatic nitrogens is 1. The highest BCUT2D eigenvalue weighted by molar-refractivity contribution is 7.92. The maximum Gasteiger partial charge on any atom is 0.261 e. The summed E-state index contributed by atoms with van der Waals surface area (Å²) in [4.78, 5) is 0.162. The molecule has 0 spiro atoms. The lowest BCUT2D eigenvalue weighted by Crippen LogP contribution is -2.13. The summed E-state index contributed by atoms with van der Waals surface area (Å²) in [6.07, 6.45) is 0. The van der Waals surface area contributed by atoms with E-state index < -0.39 is 10.0 Å². The highest BCUT2D eigenvalue weighted by atomic mass is 35.5. The van der Waals surface area contributed by atoms with Crippen LogP contribution in [0.1, 0.15) is 11.3 Å². The van der Waals surface area contributed by atoms with Gasteiger partial charge in [-0.3, -0.25) is 4.72 Å². The normalized spacial score (nSPS) is 11.3. The first-order valence-electron chi connectivity index (χ1n) is 7.43. The van der Waals surface area contributed by atoms with Crippen molar-refractivity contribution in [2.75, 3.05) is 10.0 Å². The Morgan fingerprint density at radius 2 is 1.68 bits per heavy atom. The number of nitrogens with zero attached hydrogens (tertiary/aromatic N) is 1. The van der Waals surface area contributed by atoms with Crippen LogP contribution in [0.25, 0.3) is 0 Å². The minimum absolute atomic E-state index is 0.162. The number of benzene rings is 2. The molecule has 6 nitrogen and oxygen atoms in total. The number of nitrogens with one attached hydrogen (secondary N) is 2. The molecule has 3 aromatic rings. The van der Waals surface area contributed by atoms with Gasteiger partial charge in [-0.15, -0.1) is 0 Å². The van der Waals surface area contributed by atoms with Crippen molar-refractivity contribution < 1.29 is 12.9 Å². The lowest BCUT2D eigenvalue weighted by atomic mass is 10.2. The van der Waals surface area contributed by atoms with Crippen molar-refractivity contribution in [3.63, 3.8) is 0 Å². The first-order chi connectivity index (χ1) is 11.8. The number of hydrogen-bond acceptors (Lipinski definition) is 5. The molecule has 2 N–H and O–H groups in total. The van der Waals surface area contributed by atoms with Crippen molar-refractivity contribution >= 4 is 38.8 Å². The molecule has 0 unspecified atom stereocenters. The van der Waals surface area contributed by atoms with Gasteiger partial charge in [0.15, 0.2) is 5.82 Å². The molecule has 0 aliphatic carbocycles. The molecule has 0 atom stereocenters. The monoisotopic (exact) mass is 377 g/mol. The van der Waals surface area contributed by atoms with Crippen LogP contribution in [0.15, 0.2) is 57.9 Å². The predicted molar refractivity (Wildman–Crippen MR) is 98.0 cm³/mol. The zero-order valence-corrected chi connectivity index (χ0v) is 15.1. The number of anilines is 3. The van der Waals surface area contributed by atoms with Crippen LogP contribution < -0.4 is 10.0 Å². The number of aryl methyl sites for hydroxylation is 2. The molecule has 0 bridgehead atoms. The summed E-state index contributed by atoms with van der Waals surface area (Å²) >= 11 is 5.94. The fourth-order valence-electron chi connectivity index (χ4n) is 2.19. The molecule has 3 rings (SSSR count). The molecular weight excluding hydrogens is 362 g/mol. The molecule has 1 aromatic heterocycles. The van der Waals surface area contributed by atoms with E-state index in [1.54, 1.807) is 50.2 Å². The quantitative estimate of drug-likeness (QED) is 0.684. The lowest BCUT2D eigenvalue weighted by molar-refractivity contribution is 0.400. The van der Waals surface area contributed by atoms with Crippen LogP contribution in [0.4, 0.5) is 17.2 Å². The van der Waals surface area contributed by atoms with Gasteiger partial charge < -0.3 is 9.84 Å². The third kappa shape index (κ3) is 4.12. The minimum atomic E-state index is -3.68. The third-order valence-electron chi connectivity index (χ3n) is 3.48. The third-order valence-corrected chi connectivity index (χ3v) is 5.28. The van der Waals surface area contributed by atoms with Crippen LogP contribution >= 0.6 is 11.6 Å². The van der Waals surface area contributed by atoms with E-state index in [2.05, 4.69) is 15.2 Å². The zero-order chi connectivity index (χ0) is 18.0. The van der Waals surface area contributed by atoms with Crippen LogP contribution in [0.5, 0.6) is 0 Å². The number of hydrogen-bond donors (Lipinski definition) is 2. The number of halogens is 1. The van der Waals surface area contributed by atoms with Gasteiger partial charge >= 0.3 is 0 Å². The summed E-state index contributed by atoms with van der Waals surface area (Å²) in [5, 5.41) is 7.43. The van der Waals surface area contributed by atoms with Gasteiger partial charge in [-0.1, -0.05) is 16.8 Å². The molecule has 1 heterocycles. The van der Waals surface area contributed by atoms with Crippen LogP contribution in [-0.2, 0) is 10.0 Å². The first kappa shape index (κ1) is 17.3. The summed E-state index contributed by atoms with van der Waals surface area (Å²) in [6.45, 7) is 3.56. The van der Waals surface area contributed by atoms with Crippen molar-refractivity contribution in [3.8, 4) is 0 Å². The second-order valence-corrected chi connectivity index (χ2v) is 7.63. The Bertz CT molecular complexity index is 998. The minimum Gasteiger partial charge on any atom is -0.360 e. The molecule has 2 aromatic carbocycles. The molecule has 0 aliphatic heterocycles. The average molecular weight is 378 g/mol. The molecule has 0 saturated heterocycles. The zero-order valence-electron chi connectivity index (χ0n) is 13.6. The Kier molecular flexibility index (Phi) is 4.69. The first-order valence-corrected chi connectivity index (χ1v) is 9.29. The smallest absolute Gasteiger partial charge is 0.261 e. The van der Waals surface area contributed by atoms with Crippen LogP contribution in [0.3, 0.4) is 0 Å². The molecule has 130 valence electrons. The van der Waals surface area contributed by atoms with Crippen molar-refractivity contribution in [1.82, 2.24) is 5.16 Å². The Labute approximate surface area is 150 Å². The van der Waals surface area contributed by atoms with Gasteiger partial charge in [0.05, 0.1) is 4.90 Å². The van der Waals surface area contributed by atoms with Gasteiger partial charge in [-0.25, -0.2) is 8.42 Å². The maximum absolute atomic E-state index is 12.5. The highest BCUT2D eigenvalue weighted by Gasteiger charge is 2.15. The Balaban J connectivity index is 1.74. The number of sulfonamides is 1. The standard InChI is InChI=1S/C17H16ClN3O3S/c1-11-9-15(7-8-16(11)18)25(22,23)21-14-5-3-13(4-6-14)19-17-10-12(2)24-20-17/h3-10,21H,1-2H3,(H,19,20). The van der Waals surface area contributed by atoms with E-state index in [9.17, 15) is 8.42 Å².